The molecule has 0 bridgehead atoms. The van der Waals surface area contributed by atoms with Crippen LogP contribution in [0.25, 0.3) is 0 Å². The molecular formula is C11H13NO2. The van der Waals surface area contributed by atoms with Crippen LogP contribution in [0.1, 0.15) is 25.0 Å². The molecule has 1 aromatic carbocycles. The zero-order valence-electron chi connectivity index (χ0n) is 8.10. The molecular weight excluding hydrogens is 178 g/mol. The minimum absolute atomic E-state index is 0.107. The van der Waals surface area contributed by atoms with Crippen LogP contribution >= 0.6 is 0 Å². The number of benzene rings is 1. The van der Waals surface area contributed by atoms with Crippen molar-refractivity contribution in [3.8, 4) is 11.8 Å². The lowest BCUT2D eigenvalue weighted by Crippen LogP contribution is -1.97. The Morgan fingerprint density at radius 1 is 1.57 bits per heavy atom. The summed E-state index contributed by atoms with van der Waals surface area (Å²) in [5.74, 6) is 0.724. The van der Waals surface area contributed by atoms with Gasteiger partial charge in [0.15, 0.2) is 0 Å². The molecule has 0 heterocycles. The van der Waals surface area contributed by atoms with Gasteiger partial charge in [-0.3, -0.25) is 0 Å². The average Bonchev–Trinajstić information content (AvgIpc) is 2.19. The van der Waals surface area contributed by atoms with Crippen molar-refractivity contribution in [3.05, 3.63) is 29.8 Å². The molecule has 0 radical (unpaired) electrons. The lowest BCUT2D eigenvalue weighted by atomic mass is 10.1. The zero-order chi connectivity index (χ0) is 10.4. The molecule has 1 aromatic rings. The Morgan fingerprint density at radius 2 is 2.36 bits per heavy atom. The molecule has 1 N–H and O–H groups in total. The summed E-state index contributed by atoms with van der Waals surface area (Å²) in [4.78, 5) is 0. The number of ether oxygens (including phenoxy) is 1. The van der Waals surface area contributed by atoms with Crippen LogP contribution in [0.3, 0.4) is 0 Å². The first-order chi connectivity index (χ1) is 6.77. The van der Waals surface area contributed by atoms with Gasteiger partial charge in [-0.25, -0.2) is 0 Å². The molecule has 0 saturated heterocycles. The smallest absolute Gasteiger partial charge is 0.119 e. The summed E-state index contributed by atoms with van der Waals surface area (Å²) in [5, 5.41) is 18.0. The second-order valence-corrected chi connectivity index (χ2v) is 2.88. The third-order valence-corrected chi connectivity index (χ3v) is 1.84. The van der Waals surface area contributed by atoms with Crippen molar-refractivity contribution in [1.82, 2.24) is 0 Å². The van der Waals surface area contributed by atoms with E-state index in [1.165, 1.54) is 0 Å². The van der Waals surface area contributed by atoms with Crippen molar-refractivity contribution in [2.75, 3.05) is 6.61 Å². The normalized spacial score (nSPS) is 11.8. The topological polar surface area (TPSA) is 53.2 Å². The van der Waals surface area contributed by atoms with Gasteiger partial charge in [0.05, 0.1) is 25.2 Å². The highest BCUT2D eigenvalue weighted by molar-refractivity contribution is 5.30. The first kappa shape index (κ1) is 10.6. The number of nitriles is 1. The van der Waals surface area contributed by atoms with Crippen LogP contribution < -0.4 is 4.74 Å². The van der Waals surface area contributed by atoms with Crippen LogP contribution in [0, 0.1) is 11.3 Å². The minimum Gasteiger partial charge on any atom is -0.494 e. The Labute approximate surface area is 83.6 Å². The predicted molar refractivity (Wildman–Crippen MR) is 52.8 cm³/mol. The summed E-state index contributed by atoms with van der Waals surface area (Å²) < 4.78 is 5.28. The summed E-state index contributed by atoms with van der Waals surface area (Å²) in [6.45, 7) is 2.50. The van der Waals surface area contributed by atoms with E-state index < -0.39 is 6.10 Å². The van der Waals surface area contributed by atoms with Crippen LogP contribution in [0.15, 0.2) is 24.3 Å². The van der Waals surface area contributed by atoms with Gasteiger partial charge >= 0.3 is 0 Å². The molecule has 0 spiro atoms. The maximum Gasteiger partial charge on any atom is 0.119 e. The van der Waals surface area contributed by atoms with Crippen molar-refractivity contribution < 1.29 is 9.84 Å². The van der Waals surface area contributed by atoms with Crippen molar-refractivity contribution in [1.29, 1.82) is 5.26 Å². The van der Waals surface area contributed by atoms with Gasteiger partial charge in [-0.15, -0.1) is 0 Å². The average molecular weight is 191 g/mol. The lowest BCUT2D eigenvalue weighted by Gasteiger charge is -2.09. The molecule has 0 amide bonds. The Hall–Kier alpha value is -1.53. The highest BCUT2D eigenvalue weighted by atomic mass is 16.5. The molecule has 74 valence electrons. The maximum atomic E-state index is 9.54. The standard InChI is InChI=1S/C11H13NO2/c1-2-14-10-5-3-4-9(8-10)11(13)6-7-12/h3-5,8,11,13H,2,6H2,1H3. The predicted octanol–water partition coefficient (Wildman–Crippen LogP) is 2.03. The molecule has 0 fully saturated rings. The molecule has 1 unspecified atom stereocenters. The summed E-state index contributed by atoms with van der Waals surface area (Å²) in [6, 6.07) is 9.10. The van der Waals surface area contributed by atoms with Crippen LogP contribution in [0.5, 0.6) is 5.75 Å². The molecule has 3 nitrogen and oxygen atoms in total. The Kier molecular flexibility index (Phi) is 3.96. The minimum atomic E-state index is -0.722. The summed E-state index contributed by atoms with van der Waals surface area (Å²) in [5.41, 5.74) is 0.720. The molecule has 3 heteroatoms. The number of hydrogen-bond donors (Lipinski definition) is 1. The number of hydrogen-bond acceptors (Lipinski definition) is 3. The van der Waals surface area contributed by atoms with E-state index in [-0.39, 0.29) is 6.42 Å². The molecule has 0 saturated carbocycles. The molecule has 1 atom stereocenters. The second-order valence-electron chi connectivity index (χ2n) is 2.88. The summed E-state index contributed by atoms with van der Waals surface area (Å²) in [6.07, 6.45) is -0.615. The van der Waals surface area contributed by atoms with Crippen molar-refractivity contribution in [2.45, 2.75) is 19.4 Å². The fourth-order valence-electron chi connectivity index (χ4n) is 1.18. The summed E-state index contributed by atoms with van der Waals surface area (Å²) in [7, 11) is 0. The Balaban J connectivity index is 2.78. The van der Waals surface area contributed by atoms with Crippen LogP contribution in [0.2, 0.25) is 0 Å². The van der Waals surface area contributed by atoms with E-state index in [1.54, 1.807) is 18.2 Å². The Bertz CT molecular complexity index is 330. The molecule has 0 aliphatic carbocycles. The molecule has 0 aromatic heterocycles. The SMILES string of the molecule is CCOc1cccc(C(O)CC#N)c1. The number of aliphatic hydroxyl groups excluding tert-OH is 1. The van der Waals surface area contributed by atoms with Gasteiger partial charge in [-0.2, -0.15) is 5.26 Å². The van der Waals surface area contributed by atoms with E-state index in [1.807, 2.05) is 19.1 Å². The first-order valence-corrected chi connectivity index (χ1v) is 4.55. The quantitative estimate of drug-likeness (QED) is 0.792. The number of aliphatic hydroxyl groups is 1. The zero-order valence-corrected chi connectivity index (χ0v) is 8.10. The van der Waals surface area contributed by atoms with Crippen LogP contribution in [-0.4, -0.2) is 11.7 Å². The van der Waals surface area contributed by atoms with E-state index in [0.29, 0.717) is 6.61 Å². The van der Waals surface area contributed by atoms with Crippen molar-refractivity contribution >= 4 is 0 Å². The molecule has 14 heavy (non-hydrogen) atoms. The van der Waals surface area contributed by atoms with Gasteiger partial charge in [-0.1, -0.05) is 12.1 Å². The van der Waals surface area contributed by atoms with E-state index in [2.05, 4.69) is 0 Å². The third kappa shape index (κ3) is 2.75. The van der Waals surface area contributed by atoms with Gasteiger partial charge in [0.25, 0.3) is 0 Å². The van der Waals surface area contributed by atoms with Gasteiger partial charge < -0.3 is 9.84 Å². The maximum absolute atomic E-state index is 9.54. The van der Waals surface area contributed by atoms with Gasteiger partial charge in [0.2, 0.25) is 0 Å². The lowest BCUT2D eigenvalue weighted by molar-refractivity contribution is 0.183. The number of nitrogens with zero attached hydrogens (tertiary/aromatic N) is 1. The van der Waals surface area contributed by atoms with Crippen LogP contribution in [-0.2, 0) is 0 Å². The molecule has 0 aliphatic rings. The van der Waals surface area contributed by atoms with E-state index in [9.17, 15) is 5.11 Å². The Morgan fingerprint density at radius 3 is 3.00 bits per heavy atom. The fraction of sp³-hybridized carbons (Fsp3) is 0.364. The van der Waals surface area contributed by atoms with E-state index >= 15 is 0 Å². The van der Waals surface area contributed by atoms with E-state index in [0.717, 1.165) is 11.3 Å². The van der Waals surface area contributed by atoms with Crippen molar-refractivity contribution in [3.63, 3.8) is 0 Å². The van der Waals surface area contributed by atoms with Gasteiger partial charge in [0, 0.05) is 0 Å². The fourth-order valence-corrected chi connectivity index (χ4v) is 1.18. The van der Waals surface area contributed by atoms with Crippen LogP contribution in [0.4, 0.5) is 0 Å². The number of rotatable bonds is 4. The molecule has 1 rings (SSSR count). The molecule has 0 aliphatic heterocycles. The summed E-state index contributed by atoms with van der Waals surface area (Å²) >= 11 is 0. The highest BCUT2D eigenvalue weighted by Crippen LogP contribution is 2.21. The highest BCUT2D eigenvalue weighted by Gasteiger charge is 2.07. The first-order valence-electron chi connectivity index (χ1n) is 4.55. The second kappa shape index (κ2) is 5.25. The third-order valence-electron chi connectivity index (χ3n) is 1.84. The van der Waals surface area contributed by atoms with Gasteiger partial charge in [0.1, 0.15) is 5.75 Å². The largest absolute Gasteiger partial charge is 0.494 e. The van der Waals surface area contributed by atoms with Gasteiger partial charge in [-0.05, 0) is 24.6 Å². The van der Waals surface area contributed by atoms with Crippen molar-refractivity contribution in [2.24, 2.45) is 0 Å². The monoisotopic (exact) mass is 191 g/mol. The van der Waals surface area contributed by atoms with E-state index in [4.69, 9.17) is 10.00 Å².